The summed E-state index contributed by atoms with van der Waals surface area (Å²) in [5.41, 5.74) is 1.18. The molecule has 2 aromatic rings. The first-order chi connectivity index (χ1) is 12.5. The summed E-state index contributed by atoms with van der Waals surface area (Å²) >= 11 is 0. The number of ketones is 1. The molecule has 2 aliphatic heterocycles. The number of carbonyl (C=O) groups is 1. The number of benzene rings is 1. The van der Waals surface area contributed by atoms with E-state index in [0.717, 1.165) is 25.1 Å². The highest BCUT2D eigenvalue weighted by Gasteiger charge is 2.32. The molecule has 5 heteroatoms. The topological polar surface area (TPSA) is 62.9 Å². The number of furan rings is 1. The van der Waals surface area contributed by atoms with E-state index in [1.165, 1.54) is 6.42 Å². The van der Waals surface area contributed by atoms with Crippen LogP contribution in [-0.2, 0) is 6.54 Å². The van der Waals surface area contributed by atoms with E-state index < -0.39 is 0 Å². The van der Waals surface area contributed by atoms with Gasteiger partial charge in [-0.25, -0.2) is 0 Å². The first-order valence-electron chi connectivity index (χ1n) is 9.12. The number of fused-ring (bicyclic) bond motifs is 1. The van der Waals surface area contributed by atoms with Crippen LogP contribution in [0.25, 0.3) is 6.08 Å². The van der Waals surface area contributed by atoms with Crippen LogP contribution in [0, 0.1) is 6.92 Å². The fourth-order valence-electron chi connectivity index (χ4n) is 3.71. The van der Waals surface area contributed by atoms with Crippen molar-refractivity contribution >= 4 is 11.9 Å². The summed E-state index contributed by atoms with van der Waals surface area (Å²) in [7, 11) is 0. The van der Waals surface area contributed by atoms with Gasteiger partial charge >= 0.3 is 0 Å². The van der Waals surface area contributed by atoms with Gasteiger partial charge in [-0.2, -0.15) is 0 Å². The number of piperidine rings is 1. The second-order valence-corrected chi connectivity index (χ2v) is 7.14. The van der Waals surface area contributed by atoms with Crippen LogP contribution < -0.4 is 4.74 Å². The molecule has 1 N–H and O–H groups in total. The number of hydrogen-bond donors (Lipinski definition) is 1. The third-order valence-corrected chi connectivity index (χ3v) is 5.25. The summed E-state index contributed by atoms with van der Waals surface area (Å²) in [6.07, 6.45) is 5.15. The van der Waals surface area contributed by atoms with E-state index in [0.29, 0.717) is 35.2 Å². The molecule has 0 bridgehead atoms. The molecule has 0 radical (unpaired) electrons. The van der Waals surface area contributed by atoms with Gasteiger partial charge in [-0.05, 0) is 57.5 Å². The summed E-state index contributed by atoms with van der Waals surface area (Å²) in [6.45, 7) is 5.63. The number of allylic oxidation sites excluding steroid dienone is 1. The quantitative estimate of drug-likeness (QED) is 0.834. The number of carbonyl (C=O) groups excluding carboxylic acids is 1. The van der Waals surface area contributed by atoms with Crippen LogP contribution in [0.4, 0.5) is 0 Å². The van der Waals surface area contributed by atoms with Crippen LogP contribution in [0.3, 0.4) is 0 Å². The Morgan fingerprint density at radius 2 is 2.12 bits per heavy atom. The van der Waals surface area contributed by atoms with Crippen molar-refractivity contribution < 1.29 is 19.1 Å². The Balaban J connectivity index is 1.66. The van der Waals surface area contributed by atoms with Gasteiger partial charge in [0.25, 0.3) is 0 Å². The standard InChI is InChI=1S/C21H23NO4/c1-13-5-3-4-10-22(13)12-17-18(23)9-8-16-20(24)19(26-21(16)17)11-15-7-6-14(2)25-15/h6-9,11,13,23H,3-5,10,12H2,1-2H3/b19-11-/t13-/m1/s1. The van der Waals surface area contributed by atoms with Gasteiger partial charge in [0, 0.05) is 18.7 Å². The Kier molecular flexibility index (Phi) is 4.32. The van der Waals surface area contributed by atoms with E-state index in [1.807, 2.05) is 13.0 Å². The van der Waals surface area contributed by atoms with Gasteiger partial charge in [0.1, 0.15) is 23.0 Å². The summed E-state index contributed by atoms with van der Waals surface area (Å²) in [6, 6.07) is 7.31. The molecule has 0 spiro atoms. The number of aryl methyl sites for hydroxylation is 1. The molecule has 4 rings (SSSR count). The maximum absolute atomic E-state index is 12.7. The van der Waals surface area contributed by atoms with Crippen molar-refractivity contribution in [3.05, 3.63) is 52.7 Å². The SMILES string of the molecule is Cc1ccc(/C=C2\Oc3c(ccc(O)c3CN3CCCC[C@H]3C)C2=O)o1. The van der Waals surface area contributed by atoms with Crippen molar-refractivity contribution in [3.63, 3.8) is 0 Å². The van der Waals surface area contributed by atoms with Crippen LogP contribution >= 0.6 is 0 Å². The molecule has 0 amide bonds. The molecule has 0 aliphatic carbocycles. The highest BCUT2D eigenvalue weighted by Crippen LogP contribution is 2.40. The number of likely N-dealkylation sites (tertiary alicyclic amines) is 1. The molecule has 1 atom stereocenters. The first kappa shape index (κ1) is 16.9. The molecule has 1 aromatic carbocycles. The molecule has 26 heavy (non-hydrogen) atoms. The fraction of sp³-hybridized carbons (Fsp3) is 0.381. The number of phenolic OH excluding ortho intramolecular Hbond substituents is 1. The van der Waals surface area contributed by atoms with Gasteiger partial charge in [0.15, 0.2) is 5.76 Å². The van der Waals surface area contributed by atoms with Crippen molar-refractivity contribution in [2.24, 2.45) is 0 Å². The molecule has 1 aromatic heterocycles. The predicted octanol–water partition coefficient (Wildman–Crippen LogP) is 4.28. The Hall–Kier alpha value is -2.53. The minimum absolute atomic E-state index is 0.171. The highest BCUT2D eigenvalue weighted by atomic mass is 16.5. The van der Waals surface area contributed by atoms with Crippen LogP contribution in [0.5, 0.6) is 11.5 Å². The monoisotopic (exact) mass is 353 g/mol. The Morgan fingerprint density at radius 3 is 2.85 bits per heavy atom. The van der Waals surface area contributed by atoms with Gasteiger partial charge < -0.3 is 14.3 Å². The minimum atomic E-state index is -0.179. The van der Waals surface area contributed by atoms with Crippen LogP contribution in [-0.4, -0.2) is 28.4 Å². The van der Waals surface area contributed by atoms with Gasteiger partial charge in [-0.15, -0.1) is 0 Å². The summed E-state index contributed by atoms with van der Waals surface area (Å²) in [5.74, 6) is 2.05. The molecule has 3 heterocycles. The molecular weight excluding hydrogens is 330 g/mol. The van der Waals surface area contributed by atoms with Gasteiger partial charge in [0.2, 0.25) is 5.78 Å². The molecular formula is C21H23NO4. The van der Waals surface area contributed by atoms with Crippen LogP contribution in [0.1, 0.15) is 53.6 Å². The third kappa shape index (κ3) is 3.03. The van der Waals surface area contributed by atoms with Crippen molar-refractivity contribution in [1.82, 2.24) is 4.90 Å². The lowest BCUT2D eigenvalue weighted by Crippen LogP contribution is -2.36. The largest absolute Gasteiger partial charge is 0.507 e. The van der Waals surface area contributed by atoms with Gasteiger partial charge in [0.05, 0.1) is 11.1 Å². The number of ether oxygens (including phenoxy) is 1. The molecule has 0 unspecified atom stereocenters. The number of aromatic hydroxyl groups is 1. The van der Waals surface area contributed by atoms with Crippen molar-refractivity contribution in [2.75, 3.05) is 6.54 Å². The zero-order valence-corrected chi connectivity index (χ0v) is 15.1. The molecule has 136 valence electrons. The molecule has 1 fully saturated rings. The highest BCUT2D eigenvalue weighted by molar-refractivity contribution is 6.14. The normalized spacial score (nSPS) is 21.8. The Morgan fingerprint density at radius 1 is 1.27 bits per heavy atom. The lowest BCUT2D eigenvalue weighted by molar-refractivity contribution is 0.101. The van der Waals surface area contributed by atoms with Crippen molar-refractivity contribution in [2.45, 2.75) is 45.7 Å². The minimum Gasteiger partial charge on any atom is -0.507 e. The maximum atomic E-state index is 12.7. The number of nitrogens with zero attached hydrogens (tertiary/aromatic N) is 1. The van der Waals surface area contributed by atoms with E-state index in [1.54, 1.807) is 24.3 Å². The molecule has 0 saturated carbocycles. The number of rotatable bonds is 3. The first-order valence-corrected chi connectivity index (χ1v) is 9.12. The Bertz CT molecular complexity index is 880. The average Bonchev–Trinajstić information content (AvgIpc) is 3.16. The van der Waals surface area contributed by atoms with E-state index in [4.69, 9.17) is 9.15 Å². The smallest absolute Gasteiger partial charge is 0.232 e. The van der Waals surface area contributed by atoms with Crippen molar-refractivity contribution in [3.8, 4) is 11.5 Å². The fourth-order valence-corrected chi connectivity index (χ4v) is 3.71. The van der Waals surface area contributed by atoms with E-state index in [9.17, 15) is 9.90 Å². The van der Waals surface area contributed by atoms with Gasteiger partial charge in [-0.1, -0.05) is 6.42 Å². The summed E-state index contributed by atoms with van der Waals surface area (Å²) in [5, 5.41) is 10.4. The van der Waals surface area contributed by atoms with Crippen LogP contribution in [0.15, 0.2) is 34.4 Å². The number of hydrogen-bond acceptors (Lipinski definition) is 5. The van der Waals surface area contributed by atoms with E-state index >= 15 is 0 Å². The summed E-state index contributed by atoms with van der Waals surface area (Å²) < 4.78 is 11.4. The lowest BCUT2D eigenvalue weighted by atomic mass is 10.0. The zero-order valence-electron chi connectivity index (χ0n) is 15.1. The van der Waals surface area contributed by atoms with Gasteiger partial charge in [-0.3, -0.25) is 9.69 Å². The molecule has 1 saturated heterocycles. The van der Waals surface area contributed by atoms with Crippen molar-refractivity contribution in [1.29, 1.82) is 0 Å². The Labute approximate surface area is 152 Å². The third-order valence-electron chi connectivity index (χ3n) is 5.25. The predicted molar refractivity (Wildman–Crippen MR) is 98.2 cm³/mol. The zero-order chi connectivity index (χ0) is 18.3. The van der Waals surface area contributed by atoms with E-state index in [-0.39, 0.29) is 17.3 Å². The lowest BCUT2D eigenvalue weighted by Gasteiger charge is -2.33. The van der Waals surface area contributed by atoms with E-state index in [2.05, 4.69) is 11.8 Å². The van der Waals surface area contributed by atoms with Crippen LogP contribution in [0.2, 0.25) is 0 Å². The average molecular weight is 353 g/mol. The molecule has 2 aliphatic rings. The summed E-state index contributed by atoms with van der Waals surface area (Å²) in [4.78, 5) is 15.0. The number of phenols is 1. The number of Topliss-reactive ketones (excluding diaryl/α,β-unsaturated/α-hetero) is 1. The molecule has 5 nitrogen and oxygen atoms in total. The second kappa shape index (κ2) is 6.65. The second-order valence-electron chi connectivity index (χ2n) is 7.14. The maximum Gasteiger partial charge on any atom is 0.232 e.